The number of anilines is 1. The van der Waals surface area contributed by atoms with Gasteiger partial charge in [-0.05, 0) is 49.6 Å². The summed E-state index contributed by atoms with van der Waals surface area (Å²) < 4.78 is 25.2. The van der Waals surface area contributed by atoms with Crippen LogP contribution in [0.2, 0.25) is 0 Å². The molecule has 2 atom stereocenters. The second-order valence-electron chi connectivity index (χ2n) is 5.49. The molecule has 1 saturated carbocycles. The summed E-state index contributed by atoms with van der Waals surface area (Å²) in [6.45, 7) is 0.699. The van der Waals surface area contributed by atoms with Gasteiger partial charge in [0.2, 0.25) is 10.0 Å². The molecule has 0 aliphatic heterocycles. The lowest BCUT2D eigenvalue weighted by molar-refractivity contribution is 0.516. The first-order valence-electron chi connectivity index (χ1n) is 6.94. The van der Waals surface area contributed by atoms with Gasteiger partial charge in [0, 0.05) is 25.8 Å². The predicted molar refractivity (Wildman–Crippen MR) is 81.1 cm³/mol. The van der Waals surface area contributed by atoms with Gasteiger partial charge in [-0.2, -0.15) is 0 Å². The highest BCUT2D eigenvalue weighted by atomic mass is 32.2. The first-order chi connectivity index (χ1) is 9.45. The monoisotopic (exact) mass is 297 g/mol. The molecule has 5 nitrogen and oxygen atoms in total. The van der Waals surface area contributed by atoms with Gasteiger partial charge in [0.15, 0.2) is 0 Å². The molecule has 1 fully saturated rings. The molecule has 0 heterocycles. The maximum atomic E-state index is 12.0. The minimum absolute atomic E-state index is 0.315. The van der Waals surface area contributed by atoms with Crippen molar-refractivity contribution in [3.8, 4) is 0 Å². The summed E-state index contributed by atoms with van der Waals surface area (Å²) in [5.74, 6) is 0.514. The molecule has 112 valence electrons. The van der Waals surface area contributed by atoms with E-state index in [9.17, 15) is 8.42 Å². The summed E-state index contributed by atoms with van der Waals surface area (Å²) in [6.07, 6.45) is 3.49. The van der Waals surface area contributed by atoms with Crippen LogP contribution in [0.25, 0.3) is 0 Å². The lowest BCUT2D eigenvalue weighted by Gasteiger charge is -2.21. The van der Waals surface area contributed by atoms with Crippen molar-refractivity contribution in [2.24, 2.45) is 11.7 Å². The Hall–Kier alpha value is -1.11. The molecule has 1 aliphatic carbocycles. The molecule has 0 saturated heterocycles. The summed E-state index contributed by atoms with van der Waals surface area (Å²) in [7, 11) is -0.284. The van der Waals surface area contributed by atoms with Gasteiger partial charge in [0.1, 0.15) is 0 Å². The Morgan fingerprint density at radius 2 is 1.90 bits per heavy atom. The molecule has 0 aromatic heterocycles. The first-order valence-corrected chi connectivity index (χ1v) is 8.38. The average molecular weight is 297 g/mol. The van der Waals surface area contributed by atoms with E-state index in [1.165, 1.54) is 31.2 Å². The predicted octanol–water partition coefficient (Wildman–Crippen LogP) is 1.48. The third-order valence-electron chi connectivity index (χ3n) is 3.95. The van der Waals surface area contributed by atoms with Crippen molar-refractivity contribution in [3.05, 3.63) is 24.3 Å². The van der Waals surface area contributed by atoms with Crippen LogP contribution in [0.5, 0.6) is 0 Å². The van der Waals surface area contributed by atoms with Gasteiger partial charge in [0.25, 0.3) is 0 Å². The molecule has 0 bridgehead atoms. The van der Waals surface area contributed by atoms with Gasteiger partial charge >= 0.3 is 0 Å². The first kappa shape index (κ1) is 15.3. The molecular formula is C14H23N3O2S. The van der Waals surface area contributed by atoms with E-state index in [-0.39, 0.29) is 0 Å². The van der Waals surface area contributed by atoms with Crippen molar-refractivity contribution in [1.82, 2.24) is 4.31 Å². The van der Waals surface area contributed by atoms with Crippen molar-refractivity contribution in [1.29, 1.82) is 0 Å². The molecule has 1 aromatic rings. The zero-order valence-corrected chi connectivity index (χ0v) is 12.9. The van der Waals surface area contributed by atoms with E-state index in [1.54, 1.807) is 12.1 Å². The van der Waals surface area contributed by atoms with E-state index in [1.807, 2.05) is 12.1 Å². The Morgan fingerprint density at radius 1 is 1.25 bits per heavy atom. The van der Waals surface area contributed by atoms with E-state index in [4.69, 9.17) is 5.73 Å². The van der Waals surface area contributed by atoms with Gasteiger partial charge < -0.3 is 11.1 Å². The lowest BCUT2D eigenvalue weighted by atomic mass is 10.0. The van der Waals surface area contributed by atoms with Crippen LogP contribution in [-0.4, -0.2) is 39.4 Å². The standard InChI is InChI=1S/C14H23N3O2S/c1-17(2)20(18,19)13-8-6-12(7-9-13)16-14-5-3-4-11(14)10-15/h6-9,11,14,16H,3-5,10,15H2,1-2H3. The highest BCUT2D eigenvalue weighted by molar-refractivity contribution is 7.89. The van der Waals surface area contributed by atoms with E-state index >= 15 is 0 Å². The van der Waals surface area contributed by atoms with E-state index in [0.29, 0.717) is 23.4 Å². The van der Waals surface area contributed by atoms with Crippen molar-refractivity contribution >= 4 is 15.7 Å². The van der Waals surface area contributed by atoms with Gasteiger partial charge in [-0.1, -0.05) is 6.42 Å². The number of nitrogens with one attached hydrogen (secondary N) is 1. The second kappa shape index (κ2) is 6.11. The van der Waals surface area contributed by atoms with Crippen molar-refractivity contribution in [2.75, 3.05) is 26.0 Å². The van der Waals surface area contributed by atoms with Crippen LogP contribution in [0.15, 0.2) is 29.2 Å². The third kappa shape index (κ3) is 3.13. The van der Waals surface area contributed by atoms with Crippen LogP contribution in [0.1, 0.15) is 19.3 Å². The number of nitrogens with two attached hydrogens (primary N) is 1. The van der Waals surface area contributed by atoms with E-state index in [0.717, 1.165) is 12.1 Å². The average Bonchev–Trinajstić information content (AvgIpc) is 2.86. The summed E-state index contributed by atoms with van der Waals surface area (Å²) in [6, 6.07) is 7.33. The zero-order chi connectivity index (χ0) is 14.8. The maximum absolute atomic E-state index is 12.0. The number of benzene rings is 1. The van der Waals surface area contributed by atoms with E-state index < -0.39 is 10.0 Å². The number of sulfonamides is 1. The Bertz CT molecular complexity index is 540. The second-order valence-corrected chi connectivity index (χ2v) is 7.64. The Labute approximate surface area is 121 Å². The molecule has 0 spiro atoms. The topological polar surface area (TPSA) is 75.4 Å². The van der Waals surface area contributed by atoms with Crippen LogP contribution >= 0.6 is 0 Å². The number of hydrogen-bond acceptors (Lipinski definition) is 4. The minimum atomic E-state index is -3.35. The summed E-state index contributed by atoms with van der Waals surface area (Å²) in [5, 5.41) is 3.46. The smallest absolute Gasteiger partial charge is 0.242 e. The maximum Gasteiger partial charge on any atom is 0.242 e. The van der Waals surface area contributed by atoms with Crippen molar-refractivity contribution in [3.63, 3.8) is 0 Å². The number of hydrogen-bond donors (Lipinski definition) is 2. The summed E-state index contributed by atoms with van der Waals surface area (Å²) in [4.78, 5) is 0.315. The van der Waals surface area contributed by atoms with Gasteiger partial charge in [-0.3, -0.25) is 0 Å². The molecule has 0 amide bonds. The molecule has 1 aromatic carbocycles. The molecule has 2 rings (SSSR count). The molecule has 1 aliphatic rings. The molecule has 20 heavy (non-hydrogen) atoms. The SMILES string of the molecule is CN(C)S(=O)(=O)c1ccc(NC2CCCC2CN)cc1. The highest BCUT2D eigenvalue weighted by Crippen LogP contribution is 2.28. The number of nitrogens with zero attached hydrogens (tertiary/aromatic N) is 1. The Kier molecular flexibility index (Phi) is 4.67. The highest BCUT2D eigenvalue weighted by Gasteiger charge is 2.25. The van der Waals surface area contributed by atoms with E-state index in [2.05, 4.69) is 5.32 Å². The fourth-order valence-corrected chi connectivity index (χ4v) is 3.56. The van der Waals surface area contributed by atoms with Gasteiger partial charge in [0.05, 0.1) is 4.90 Å². The zero-order valence-electron chi connectivity index (χ0n) is 12.0. The van der Waals surface area contributed by atoms with Crippen molar-refractivity contribution < 1.29 is 8.42 Å². The Balaban J connectivity index is 2.09. The van der Waals surface area contributed by atoms with Crippen molar-refractivity contribution in [2.45, 2.75) is 30.2 Å². The normalized spacial score (nSPS) is 23.2. The molecule has 2 unspecified atom stereocenters. The lowest BCUT2D eigenvalue weighted by Crippen LogP contribution is -2.29. The third-order valence-corrected chi connectivity index (χ3v) is 5.78. The fraction of sp³-hybridized carbons (Fsp3) is 0.571. The number of rotatable bonds is 5. The molecule has 3 N–H and O–H groups in total. The Morgan fingerprint density at radius 3 is 2.45 bits per heavy atom. The molecule has 0 radical (unpaired) electrons. The summed E-state index contributed by atoms with van der Waals surface area (Å²) >= 11 is 0. The fourth-order valence-electron chi connectivity index (χ4n) is 2.66. The molecular weight excluding hydrogens is 274 g/mol. The van der Waals surface area contributed by atoms with Gasteiger partial charge in [-0.25, -0.2) is 12.7 Å². The largest absolute Gasteiger partial charge is 0.382 e. The minimum Gasteiger partial charge on any atom is -0.382 e. The van der Waals surface area contributed by atoms with Crippen LogP contribution in [-0.2, 0) is 10.0 Å². The molecule has 6 heteroatoms. The van der Waals surface area contributed by atoms with Crippen LogP contribution in [0.3, 0.4) is 0 Å². The quantitative estimate of drug-likeness (QED) is 0.863. The van der Waals surface area contributed by atoms with Crippen LogP contribution in [0, 0.1) is 5.92 Å². The van der Waals surface area contributed by atoms with Crippen LogP contribution < -0.4 is 11.1 Å². The summed E-state index contributed by atoms with van der Waals surface area (Å²) in [5.41, 5.74) is 6.72. The van der Waals surface area contributed by atoms with Crippen LogP contribution in [0.4, 0.5) is 5.69 Å². The van der Waals surface area contributed by atoms with Gasteiger partial charge in [-0.15, -0.1) is 0 Å².